The van der Waals surface area contributed by atoms with Gasteiger partial charge in [-0.1, -0.05) is 0 Å². The largest absolute Gasteiger partial charge is 0.490 e. The van der Waals surface area contributed by atoms with E-state index in [1.54, 1.807) is 12.1 Å². The molecule has 0 bridgehead atoms. The fourth-order valence-corrected chi connectivity index (χ4v) is 3.94. The molecule has 0 radical (unpaired) electrons. The molecule has 1 aromatic carbocycles. The van der Waals surface area contributed by atoms with Gasteiger partial charge in [-0.15, -0.1) is 0 Å². The molecule has 0 saturated carbocycles. The number of furan rings is 1. The second-order valence-electron chi connectivity index (χ2n) is 7.16. The summed E-state index contributed by atoms with van der Waals surface area (Å²) >= 11 is 7.04. The number of methoxy groups -OCH3 is 1. The van der Waals surface area contributed by atoms with Crippen LogP contribution in [0.25, 0.3) is 6.08 Å². The van der Waals surface area contributed by atoms with Crippen molar-refractivity contribution in [3.05, 3.63) is 49.9 Å². The summed E-state index contributed by atoms with van der Waals surface area (Å²) < 4.78 is 22.8. The number of benzene rings is 1. The first-order valence-corrected chi connectivity index (χ1v) is 11.6. The Morgan fingerprint density at radius 1 is 1.24 bits per heavy atom. The van der Waals surface area contributed by atoms with Crippen LogP contribution in [0, 0.1) is 0 Å². The fourth-order valence-electron chi connectivity index (χ4n) is 3.02. The van der Waals surface area contributed by atoms with Crippen LogP contribution >= 0.6 is 31.9 Å². The van der Waals surface area contributed by atoms with Gasteiger partial charge in [-0.25, -0.2) is 9.59 Å². The van der Waals surface area contributed by atoms with E-state index in [4.69, 9.17) is 13.9 Å². The first-order chi connectivity index (χ1) is 15.7. The second-order valence-corrected chi connectivity index (χ2v) is 8.74. The average molecular weight is 586 g/mol. The summed E-state index contributed by atoms with van der Waals surface area (Å²) in [7, 11) is 1.23. The van der Waals surface area contributed by atoms with Gasteiger partial charge in [0.2, 0.25) is 5.76 Å². The van der Waals surface area contributed by atoms with E-state index >= 15 is 0 Å². The molecule has 3 rings (SSSR count). The lowest BCUT2D eigenvalue weighted by atomic mass is 10.1. The Morgan fingerprint density at radius 3 is 2.61 bits per heavy atom. The van der Waals surface area contributed by atoms with Gasteiger partial charge in [0.1, 0.15) is 11.5 Å². The number of nitrogens with zero attached hydrogens (tertiary/aromatic N) is 1. The molecule has 1 aliphatic heterocycles. The molecule has 33 heavy (non-hydrogen) atoms. The minimum absolute atomic E-state index is 0.0174. The number of amides is 3. The van der Waals surface area contributed by atoms with E-state index < -0.39 is 17.9 Å². The van der Waals surface area contributed by atoms with Gasteiger partial charge in [0.05, 0.1) is 30.8 Å². The highest BCUT2D eigenvalue weighted by Crippen LogP contribution is 2.44. The Hall–Kier alpha value is -2.79. The van der Waals surface area contributed by atoms with E-state index in [9.17, 15) is 14.4 Å². The molecule has 1 saturated heterocycles. The van der Waals surface area contributed by atoms with E-state index in [0.717, 1.165) is 4.90 Å². The first-order valence-electron chi connectivity index (χ1n) is 9.99. The van der Waals surface area contributed by atoms with Crippen LogP contribution in [0.1, 0.15) is 42.6 Å². The third kappa shape index (κ3) is 5.41. The number of hydrogen-bond acceptors (Lipinski definition) is 7. The summed E-state index contributed by atoms with van der Waals surface area (Å²) in [6.45, 7) is 5.93. The molecule has 1 N–H and O–H groups in total. The highest BCUT2D eigenvalue weighted by Gasteiger charge is 2.35. The van der Waals surface area contributed by atoms with Crippen molar-refractivity contribution >= 4 is 55.8 Å². The SMILES string of the molecule is CCOc1cc(/C=C2\NC(=O)N(Cc3ccc(C(=O)OC)o3)C2=O)c(Br)c(Br)c1OC(C)C. The van der Waals surface area contributed by atoms with Gasteiger partial charge in [0, 0.05) is 4.47 Å². The molecule has 1 aromatic heterocycles. The van der Waals surface area contributed by atoms with Gasteiger partial charge in [-0.3, -0.25) is 9.69 Å². The Morgan fingerprint density at radius 2 is 1.97 bits per heavy atom. The maximum absolute atomic E-state index is 12.9. The van der Waals surface area contributed by atoms with Crippen LogP contribution in [0.5, 0.6) is 11.5 Å². The van der Waals surface area contributed by atoms with Gasteiger partial charge >= 0.3 is 12.0 Å². The topological polar surface area (TPSA) is 107 Å². The molecule has 3 amide bonds. The summed E-state index contributed by atoms with van der Waals surface area (Å²) in [5.41, 5.74) is 0.672. The Bertz CT molecular complexity index is 1120. The van der Waals surface area contributed by atoms with Crippen molar-refractivity contribution in [1.82, 2.24) is 10.2 Å². The number of rotatable bonds is 8. The minimum Gasteiger partial charge on any atom is -0.490 e. The number of nitrogens with one attached hydrogen (secondary N) is 1. The van der Waals surface area contributed by atoms with E-state index in [1.807, 2.05) is 20.8 Å². The van der Waals surface area contributed by atoms with Crippen LogP contribution in [0.2, 0.25) is 0 Å². The fraction of sp³-hybridized carbons (Fsp3) is 0.318. The van der Waals surface area contributed by atoms with E-state index in [0.29, 0.717) is 32.6 Å². The van der Waals surface area contributed by atoms with Crippen LogP contribution in [0.15, 0.2) is 37.3 Å². The zero-order valence-electron chi connectivity index (χ0n) is 18.4. The second kappa shape index (κ2) is 10.4. The van der Waals surface area contributed by atoms with Gasteiger partial charge in [0.15, 0.2) is 11.5 Å². The quantitative estimate of drug-likeness (QED) is 0.267. The number of ether oxygens (including phenoxy) is 3. The van der Waals surface area contributed by atoms with Crippen LogP contribution in [-0.4, -0.2) is 42.6 Å². The van der Waals surface area contributed by atoms with Crippen LogP contribution in [-0.2, 0) is 16.1 Å². The van der Waals surface area contributed by atoms with Crippen molar-refractivity contribution in [2.24, 2.45) is 0 Å². The summed E-state index contributed by atoms with van der Waals surface area (Å²) in [5, 5.41) is 2.57. The standard InChI is InChI=1S/C22H22Br2N2O7/c1-5-31-16-9-12(17(23)18(24)19(16)32-11(2)3)8-14-20(27)26(22(29)25-14)10-13-6-7-15(33-13)21(28)30-4/h6-9,11H,5,10H2,1-4H3,(H,25,29)/b14-8-. The predicted octanol–water partition coefficient (Wildman–Crippen LogP) is 4.87. The van der Waals surface area contributed by atoms with Crippen molar-refractivity contribution in [3.8, 4) is 11.5 Å². The van der Waals surface area contributed by atoms with Crippen LogP contribution in [0.4, 0.5) is 4.79 Å². The maximum atomic E-state index is 12.9. The molecule has 1 aliphatic rings. The first kappa shape index (κ1) is 24.8. The lowest BCUT2D eigenvalue weighted by Gasteiger charge is -2.18. The Kier molecular flexibility index (Phi) is 7.85. The van der Waals surface area contributed by atoms with Gasteiger partial charge in [-0.2, -0.15) is 0 Å². The summed E-state index contributed by atoms with van der Waals surface area (Å²) in [6.07, 6.45) is 1.46. The average Bonchev–Trinajstić information content (AvgIpc) is 3.34. The van der Waals surface area contributed by atoms with Crippen molar-refractivity contribution in [1.29, 1.82) is 0 Å². The molecule has 0 unspecified atom stereocenters. The molecule has 9 nitrogen and oxygen atoms in total. The molecular formula is C22H22Br2N2O7. The number of hydrogen-bond donors (Lipinski definition) is 1. The van der Waals surface area contributed by atoms with Crippen LogP contribution < -0.4 is 14.8 Å². The van der Waals surface area contributed by atoms with E-state index in [2.05, 4.69) is 41.9 Å². The zero-order valence-corrected chi connectivity index (χ0v) is 21.5. The zero-order chi connectivity index (χ0) is 24.3. The summed E-state index contributed by atoms with van der Waals surface area (Å²) in [5.74, 6) is 0.0781. The summed E-state index contributed by atoms with van der Waals surface area (Å²) in [4.78, 5) is 37.9. The molecule has 1 fully saturated rings. The molecule has 0 spiro atoms. The molecule has 0 aliphatic carbocycles. The number of urea groups is 1. The number of carbonyl (C=O) groups is 3. The van der Waals surface area contributed by atoms with Crippen LogP contribution in [0.3, 0.4) is 0 Å². The maximum Gasteiger partial charge on any atom is 0.373 e. The summed E-state index contributed by atoms with van der Waals surface area (Å²) in [6, 6.07) is 4.04. The smallest absolute Gasteiger partial charge is 0.373 e. The van der Waals surface area contributed by atoms with Crippen molar-refractivity contribution in [3.63, 3.8) is 0 Å². The lowest BCUT2D eigenvalue weighted by Crippen LogP contribution is -2.30. The van der Waals surface area contributed by atoms with Crippen molar-refractivity contribution in [2.45, 2.75) is 33.4 Å². The number of carbonyl (C=O) groups excluding carboxylic acids is 3. The number of halogens is 2. The molecule has 2 aromatic rings. The van der Waals surface area contributed by atoms with Gasteiger partial charge in [0.25, 0.3) is 5.91 Å². The monoisotopic (exact) mass is 584 g/mol. The third-order valence-corrected chi connectivity index (χ3v) is 6.58. The minimum atomic E-state index is -0.649. The number of esters is 1. The third-order valence-electron chi connectivity index (χ3n) is 4.43. The highest BCUT2D eigenvalue weighted by molar-refractivity contribution is 9.13. The Labute approximate surface area is 207 Å². The lowest BCUT2D eigenvalue weighted by molar-refractivity contribution is -0.123. The molecular weight excluding hydrogens is 564 g/mol. The van der Waals surface area contributed by atoms with Crippen molar-refractivity contribution in [2.75, 3.05) is 13.7 Å². The van der Waals surface area contributed by atoms with Crippen molar-refractivity contribution < 1.29 is 33.0 Å². The van der Waals surface area contributed by atoms with E-state index in [-0.39, 0.29) is 29.9 Å². The molecule has 176 valence electrons. The molecule has 2 heterocycles. The number of imide groups is 1. The van der Waals surface area contributed by atoms with E-state index in [1.165, 1.54) is 19.2 Å². The molecule has 11 heteroatoms. The molecule has 0 atom stereocenters. The normalized spacial score (nSPS) is 14.8. The van der Waals surface area contributed by atoms with Gasteiger partial charge < -0.3 is 23.9 Å². The Balaban J connectivity index is 1.89. The highest BCUT2D eigenvalue weighted by atomic mass is 79.9. The van der Waals surface area contributed by atoms with Gasteiger partial charge in [-0.05, 0) is 82.5 Å². The predicted molar refractivity (Wildman–Crippen MR) is 126 cm³/mol.